The van der Waals surface area contributed by atoms with Crippen molar-refractivity contribution in [3.05, 3.63) is 27.2 Å². The third-order valence-electron chi connectivity index (χ3n) is 2.35. The highest BCUT2D eigenvalue weighted by Gasteiger charge is 2.13. The Balaban J connectivity index is 3.11. The fourth-order valence-electron chi connectivity index (χ4n) is 1.49. The highest BCUT2D eigenvalue weighted by atomic mass is 19.1. The number of rotatable bonds is 1. The highest BCUT2D eigenvalue weighted by Crippen LogP contribution is 2.04. The molecule has 0 spiro atoms. The molecule has 80 valence electrons. The van der Waals surface area contributed by atoms with Crippen LogP contribution in [0.5, 0.6) is 0 Å². The van der Waals surface area contributed by atoms with Gasteiger partial charge in [-0.05, 0) is 0 Å². The van der Waals surface area contributed by atoms with E-state index >= 15 is 0 Å². The largest absolute Gasteiger partial charge is 0.332 e. The van der Waals surface area contributed by atoms with Gasteiger partial charge in [-0.1, -0.05) is 0 Å². The molecule has 2 aromatic rings. The van der Waals surface area contributed by atoms with Crippen molar-refractivity contribution in [2.24, 2.45) is 14.1 Å². The lowest BCUT2D eigenvalue weighted by atomic mass is 10.5. The first-order chi connectivity index (χ1) is 7.07. The summed E-state index contributed by atoms with van der Waals surface area (Å²) in [7, 11) is 2.83. The van der Waals surface area contributed by atoms with Crippen molar-refractivity contribution in [3.8, 4) is 0 Å². The third kappa shape index (κ3) is 1.12. The lowest BCUT2D eigenvalue weighted by Crippen LogP contribution is -2.37. The number of aromatic nitrogens is 4. The molecule has 0 amide bonds. The fraction of sp³-hybridized carbons (Fsp3) is 0.375. The maximum atomic E-state index is 12.5. The molecule has 0 unspecified atom stereocenters. The Kier molecular flexibility index (Phi) is 1.95. The molecule has 2 heterocycles. The van der Waals surface area contributed by atoms with Gasteiger partial charge >= 0.3 is 5.69 Å². The molecule has 15 heavy (non-hydrogen) atoms. The number of aryl methyl sites for hydroxylation is 1. The van der Waals surface area contributed by atoms with Crippen molar-refractivity contribution in [1.29, 1.82) is 0 Å². The molecule has 0 saturated heterocycles. The monoisotopic (exact) mass is 212 g/mol. The molecule has 0 saturated carbocycles. The molecule has 0 bridgehead atoms. The zero-order valence-corrected chi connectivity index (χ0v) is 8.27. The minimum absolute atomic E-state index is 0.0992. The summed E-state index contributed by atoms with van der Waals surface area (Å²) in [4.78, 5) is 27.0. The van der Waals surface area contributed by atoms with Crippen LogP contribution in [-0.2, 0) is 20.9 Å². The number of nitrogens with zero attached hydrogens (tertiary/aromatic N) is 4. The predicted octanol–water partition coefficient (Wildman–Crippen LogP) is -0.639. The van der Waals surface area contributed by atoms with Gasteiger partial charge < -0.3 is 0 Å². The van der Waals surface area contributed by atoms with Gasteiger partial charge in [-0.3, -0.25) is 18.5 Å². The normalized spacial score (nSPS) is 11.1. The van der Waals surface area contributed by atoms with Crippen molar-refractivity contribution in [1.82, 2.24) is 18.7 Å². The first-order valence-electron chi connectivity index (χ1n) is 4.24. The number of hydrogen-bond acceptors (Lipinski definition) is 3. The Morgan fingerprint density at radius 2 is 2.00 bits per heavy atom. The van der Waals surface area contributed by atoms with E-state index in [1.165, 1.54) is 25.0 Å². The number of hydrogen-bond donors (Lipinski definition) is 0. The van der Waals surface area contributed by atoms with Gasteiger partial charge in [0.15, 0.2) is 18.0 Å². The molecule has 0 aliphatic heterocycles. The van der Waals surface area contributed by atoms with Gasteiger partial charge in [0.05, 0.1) is 6.33 Å². The maximum absolute atomic E-state index is 12.5. The number of alkyl halides is 1. The highest BCUT2D eigenvalue weighted by molar-refractivity contribution is 5.69. The topological polar surface area (TPSA) is 61.8 Å². The zero-order valence-electron chi connectivity index (χ0n) is 8.27. The molecule has 6 nitrogen and oxygen atoms in total. The standard InChI is InChI=1S/C8H9FN4O2/c1-11-6-5(13(3-9)4-10-6)7(14)12(2)8(11)15/h4H,3H2,1-2H3. The van der Waals surface area contributed by atoms with E-state index in [1.54, 1.807) is 0 Å². The van der Waals surface area contributed by atoms with Gasteiger partial charge in [-0.25, -0.2) is 14.2 Å². The van der Waals surface area contributed by atoms with Gasteiger partial charge in [0.1, 0.15) is 0 Å². The van der Waals surface area contributed by atoms with E-state index in [9.17, 15) is 14.0 Å². The summed E-state index contributed by atoms with van der Waals surface area (Å²) in [6, 6.07) is 0. The summed E-state index contributed by atoms with van der Waals surface area (Å²) in [5, 5.41) is 0. The number of imidazole rings is 1. The Labute approximate surface area is 83.2 Å². The van der Waals surface area contributed by atoms with E-state index in [4.69, 9.17) is 0 Å². The molecular formula is C8H9FN4O2. The second-order valence-corrected chi connectivity index (χ2v) is 3.21. The molecule has 0 aromatic carbocycles. The molecule has 2 rings (SSSR count). The average Bonchev–Trinajstić information content (AvgIpc) is 2.67. The van der Waals surface area contributed by atoms with Crippen LogP contribution in [0.25, 0.3) is 11.2 Å². The van der Waals surface area contributed by atoms with Crippen LogP contribution in [0.1, 0.15) is 0 Å². The molecule has 0 aliphatic carbocycles. The summed E-state index contributed by atoms with van der Waals surface area (Å²) in [5.74, 6) is 0. The summed E-state index contributed by atoms with van der Waals surface area (Å²) in [6.45, 7) is -0.843. The molecule has 7 heteroatoms. The Morgan fingerprint density at radius 1 is 1.33 bits per heavy atom. The molecule has 0 atom stereocenters. The van der Waals surface area contributed by atoms with Crippen LogP contribution >= 0.6 is 0 Å². The minimum Gasteiger partial charge on any atom is -0.296 e. The maximum Gasteiger partial charge on any atom is 0.332 e. The Morgan fingerprint density at radius 3 is 2.60 bits per heavy atom. The van der Waals surface area contributed by atoms with Crippen LogP contribution in [-0.4, -0.2) is 18.7 Å². The van der Waals surface area contributed by atoms with E-state index in [1.807, 2.05) is 0 Å². The van der Waals surface area contributed by atoms with Crippen LogP contribution in [0.4, 0.5) is 4.39 Å². The minimum atomic E-state index is -0.843. The summed E-state index contributed by atoms with van der Waals surface area (Å²) >= 11 is 0. The van der Waals surface area contributed by atoms with E-state index in [0.717, 1.165) is 9.13 Å². The third-order valence-corrected chi connectivity index (χ3v) is 2.35. The van der Waals surface area contributed by atoms with Crippen LogP contribution in [0, 0.1) is 0 Å². The van der Waals surface area contributed by atoms with Crippen molar-refractivity contribution in [2.75, 3.05) is 0 Å². The Hall–Kier alpha value is -1.92. The smallest absolute Gasteiger partial charge is 0.296 e. The van der Waals surface area contributed by atoms with Gasteiger partial charge in [0.25, 0.3) is 5.56 Å². The number of halogens is 1. The second-order valence-electron chi connectivity index (χ2n) is 3.21. The van der Waals surface area contributed by atoms with E-state index in [2.05, 4.69) is 4.98 Å². The van der Waals surface area contributed by atoms with Crippen LogP contribution < -0.4 is 11.2 Å². The van der Waals surface area contributed by atoms with Crippen LogP contribution in [0.3, 0.4) is 0 Å². The molecule has 0 aliphatic rings. The SMILES string of the molecule is Cn1c(=O)c2c(ncn2CF)n(C)c1=O. The fourth-order valence-corrected chi connectivity index (χ4v) is 1.49. The van der Waals surface area contributed by atoms with Gasteiger partial charge in [-0.15, -0.1) is 0 Å². The van der Waals surface area contributed by atoms with Crippen molar-refractivity contribution >= 4 is 11.2 Å². The molecule has 0 radical (unpaired) electrons. The molecular weight excluding hydrogens is 203 g/mol. The molecule has 0 fully saturated rings. The average molecular weight is 212 g/mol. The zero-order chi connectivity index (χ0) is 11.2. The predicted molar refractivity (Wildman–Crippen MR) is 51.3 cm³/mol. The first kappa shape index (κ1) is 9.63. The van der Waals surface area contributed by atoms with Gasteiger partial charge in [-0.2, -0.15) is 0 Å². The van der Waals surface area contributed by atoms with Crippen LogP contribution in [0.15, 0.2) is 15.9 Å². The quantitative estimate of drug-likeness (QED) is 0.631. The molecule has 0 N–H and O–H groups in total. The van der Waals surface area contributed by atoms with Crippen molar-refractivity contribution < 1.29 is 4.39 Å². The molecule has 2 aromatic heterocycles. The van der Waals surface area contributed by atoms with E-state index in [0.29, 0.717) is 0 Å². The van der Waals surface area contributed by atoms with Crippen LogP contribution in [0.2, 0.25) is 0 Å². The van der Waals surface area contributed by atoms with Gasteiger partial charge in [0.2, 0.25) is 0 Å². The number of fused-ring (bicyclic) bond motifs is 1. The van der Waals surface area contributed by atoms with E-state index < -0.39 is 18.0 Å². The first-order valence-corrected chi connectivity index (χ1v) is 4.24. The van der Waals surface area contributed by atoms with E-state index in [-0.39, 0.29) is 11.2 Å². The Bertz CT molecular complexity index is 636. The van der Waals surface area contributed by atoms with Gasteiger partial charge in [0, 0.05) is 14.1 Å². The van der Waals surface area contributed by atoms with Crippen molar-refractivity contribution in [2.45, 2.75) is 6.80 Å². The van der Waals surface area contributed by atoms with Crippen molar-refractivity contribution in [3.63, 3.8) is 0 Å². The second kappa shape index (κ2) is 3.04. The lowest BCUT2D eigenvalue weighted by Gasteiger charge is -2.03. The summed E-state index contributed by atoms with van der Waals surface area (Å²) in [5.41, 5.74) is -0.720. The summed E-state index contributed by atoms with van der Waals surface area (Å²) in [6.07, 6.45) is 1.20. The summed E-state index contributed by atoms with van der Waals surface area (Å²) < 4.78 is 15.7. The lowest BCUT2D eigenvalue weighted by molar-refractivity contribution is 0.383.